The molecule has 0 unspecified atom stereocenters. The summed E-state index contributed by atoms with van der Waals surface area (Å²) in [5, 5.41) is 2.19. The topological polar surface area (TPSA) is 47.6 Å². The minimum atomic E-state index is -0.577. The summed E-state index contributed by atoms with van der Waals surface area (Å²) < 4.78 is 9.27. The maximum absolute atomic E-state index is 10.8. The number of carbonyl (C=O) groups is 1. The highest BCUT2D eigenvalue weighted by atomic mass is 16.6. The van der Waals surface area contributed by atoms with Crippen molar-refractivity contribution in [2.45, 2.75) is 26.4 Å². The minimum absolute atomic E-state index is 0.501. The van der Waals surface area contributed by atoms with Gasteiger partial charge in [0.05, 0.1) is 13.2 Å². The number of hydrogen-bond acceptors (Lipinski definition) is 3. The van der Waals surface area contributed by atoms with Crippen LogP contribution in [0.4, 0.5) is 4.79 Å². The van der Waals surface area contributed by atoms with Gasteiger partial charge in [0.15, 0.2) is 0 Å². The monoisotopic (exact) mass is 171 g/mol. The smallest absolute Gasteiger partial charge is 0.419 e. The fourth-order valence-corrected chi connectivity index (χ4v) is 0.431. The van der Waals surface area contributed by atoms with Gasteiger partial charge in [0.1, 0.15) is 11.7 Å². The Balaban J connectivity index is 3.76. The van der Waals surface area contributed by atoms with Crippen LogP contribution in [0.15, 0.2) is 0 Å². The van der Waals surface area contributed by atoms with E-state index in [4.69, 9.17) is 4.74 Å². The van der Waals surface area contributed by atoms with Gasteiger partial charge in [0.25, 0.3) is 0 Å². The molecule has 0 aliphatic carbocycles. The number of amides is 1. The van der Waals surface area contributed by atoms with E-state index in [0.717, 1.165) is 0 Å². The molecule has 0 atom stereocenters. The van der Waals surface area contributed by atoms with Crippen molar-refractivity contribution in [3.63, 3.8) is 0 Å². The Morgan fingerprint density at radius 3 is 2.42 bits per heavy atom. The van der Waals surface area contributed by atoms with Crippen LogP contribution >= 0.6 is 0 Å². The lowest BCUT2D eigenvalue weighted by molar-refractivity contribution is 0.0557. The van der Waals surface area contributed by atoms with Crippen LogP contribution in [0, 0.1) is 12.2 Å². The largest absolute Gasteiger partial charge is 0.449 e. The Morgan fingerprint density at radius 1 is 1.42 bits per heavy atom. The van der Waals surface area contributed by atoms with Crippen LogP contribution in [0.5, 0.6) is 0 Å². The van der Waals surface area contributed by atoms with Crippen molar-refractivity contribution in [3.8, 4) is 12.2 Å². The van der Waals surface area contributed by atoms with Crippen LogP contribution < -0.4 is 5.32 Å². The summed E-state index contributed by atoms with van der Waals surface area (Å²) >= 11 is 0. The lowest BCUT2D eigenvalue weighted by atomic mass is 10.2. The van der Waals surface area contributed by atoms with Crippen LogP contribution in [0.3, 0.4) is 0 Å². The molecule has 12 heavy (non-hydrogen) atoms. The first-order valence-corrected chi connectivity index (χ1v) is 3.47. The van der Waals surface area contributed by atoms with Gasteiger partial charge in [-0.3, -0.25) is 0 Å². The van der Waals surface area contributed by atoms with E-state index < -0.39 is 11.7 Å². The number of nitrogens with one attached hydrogen (secondary N) is 1. The summed E-state index contributed by atoms with van der Waals surface area (Å²) in [7, 11) is 1.41. The second-order valence-electron chi connectivity index (χ2n) is 3.06. The zero-order chi connectivity index (χ0) is 9.61. The molecule has 0 rings (SSSR count). The molecule has 0 aromatic carbocycles. The van der Waals surface area contributed by atoms with Gasteiger partial charge < -0.3 is 9.47 Å². The SMILES string of the molecule is COC#CNC(=O)OC(C)(C)C. The number of alkyl carbamates (subject to hydrolysis) is 1. The summed E-state index contributed by atoms with van der Waals surface area (Å²) in [6, 6.07) is 2.26. The molecule has 0 aromatic rings. The Labute approximate surface area is 72.2 Å². The highest BCUT2D eigenvalue weighted by Crippen LogP contribution is 2.05. The fraction of sp³-hybridized carbons (Fsp3) is 0.625. The molecule has 68 valence electrons. The van der Waals surface area contributed by atoms with Crippen molar-refractivity contribution in [1.82, 2.24) is 5.32 Å². The molecule has 0 spiro atoms. The third-order valence-corrected chi connectivity index (χ3v) is 0.717. The first-order chi connectivity index (χ1) is 5.45. The third-order valence-electron chi connectivity index (χ3n) is 0.717. The van der Waals surface area contributed by atoms with E-state index in [9.17, 15) is 4.79 Å². The minimum Gasteiger partial charge on any atom is -0.449 e. The average molecular weight is 171 g/mol. The van der Waals surface area contributed by atoms with Gasteiger partial charge in [-0.05, 0) is 20.8 Å². The number of rotatable bonds is 0. The Hall–Kier alpha value is -1.37. The normalized spacial score (nSPS) is 9.33. The highest BCUT2D eigenvalue weighted by Gasteiger charge is 2.14. The molecule has 1 N–H and O–H groups in total. The molecule has 0 aromatic heterocycles. The van der Waals surface area contributed by atoms with Crippen molar-refractivity contribution in [2.24, 2.45) is 0 Å². The molecule has 0 radical (unpaired) electrons. The molecule has 0 aliphatic heterocycles. The van der Waals surface area contributed by atoms with Gasteiger partial charge in [0, 0.05) is 0 Å². The van der Waals surface area contributed by atoms with E-state index >= 15 is 0 Å². The van der Waals surface area contributed by atoms with Crippen molar-refractivity contribution in [1.29, 1.82) is 0 Å². The Morgan fingerprint density at radius 2 is 2.00 bits per heavy atom. The van der Waals surface area contributed by atoms with E-state index in [1.54, 1.807) is 20.8 Å². The van der Waals surface area contributed by atoms with E-state index in [1.807, 2.05) is 0 Å². The highest BCUT2D eigenvalue weighted by molar-refractivity contribution is 5.69. The molecule has 1 amide bonds. The summed E-state index contributed by atoms with van der Waals surface area (Å²) in [4.78, 5) is 10.8. The predicted octanol–water partition coefficient (Wildman–Crippen LogP) is 1.08. The second kappa shape index (κ2) is 4.50. The van der Waals surface area contributed by atoms with Gasteiger partial charge in [-0.25, -0.2) is 10.1 Å². The standard InChI is InChI=1S/C8H13NO3/c1-8(2,3)12-7(10)9-5-6-11-4/h1-4H3,(H,9,10). The van der Waals surface area contributed by atoms with Crippen molar-refractivity contribution in [2.75, 3.05) is 7.11 Å². The number of carbonyl (C=O) groups excluding carboxylic acids is 1. The van der Waals surface area contributed by atoms with Gasteiger partial charge in [0.2, 0.25) is 0 Å². The van der Waals surface area contributed by atoms with Gasteiger partial charge in [-0.1, -0.05) is 0 Å². The zero-order valence-corrected chi connectivity index (χ0v) is 7.72. The number of hydrogen-bond donors (Lipinski definition) is 1. The van der Waals surface area contributed by atoms with Gasteiger partial charge in [-0.2, -0.15) is 0 Å². The molecule has 4 nitrogen and oxygen atoms in total. The first-order valence-electron chi connectivity index (χ1n) is 3.47. The molecular weight excluding hydrogens is 158 g/mol. The van der Waals surface area contributed by atoms with Crippen LogP contribution in [-0.2, 0) is 9.47 Å². The fourth-order valence-electron chi connectivity index (χ4n) is 0.431. The lowest BCUT2D eigenvalue weighted by Crippen LogP contribution is -2.29. The van der Waals surface area contributed by atoms with Crippen molar-refractivity contribution >= 4 is 6.09 Å². The average Bonchev–Trinajstić information content (AvgIpc) is 1.84. The van der Waals surface area contributed by atoms with Crippen LogP contribution in [0.25, 0.3) is 0 Å². The first kappa shape index (κ1) is 10.6. The maximum Gasteiger partial charge on any atom is 0.419 e. The molecule has 0 heterocycles. The van der Waals surface area contributed by atoms with Crippen LogP contribution in [-0.4, -0.2) is 18.8 Å². The molecule has 4 heteroatoms. The molecule has 0 saturated heterocycles. The van der Waals surface area contributed by atoms with E-state index in [1.165, 1.54) is 7.11 Å². The zero-order valence-electron chi connectivity index (χ0n) is 7.72. The lowest BCUT2D eigenvalue weighted by Gasteiger charge is -2.18. The van der Waals surface area contributed by atoms with E-state index in [0.29, 0.717) is 0 Å². The molecular formula is C8H13NO3. The van der Waals surface area contributed by atoms with Crippen molar-refractivity contribution in [3.05, 3.63) is 0 Å². The predicted molar refractivity (Wildman–Crippen MR) is 44.2 cm³/mol. The van der Waals surface area contributed by atoms with E-state index in [2.05, 4.69) is 22.2 Å². The summed E-state index contributed by atoms with van der Waals surface area (Å²) in [6.07, 6.45) is 1.63. The van der Waals surface area contributed by atoms with Gasteiger partial charge >= 0.3 is 6.09 Å². The summed E-state index contributed by atoms with van der Waals surface area (Å²) in [5.41, 5.74) is -0.501. The molecule has 0 aliphatic rings. The van der Waals surface area contributed by atoms with E-state index in [-0.39, 0.29) is 0 Å². The summed E-state index contributed by atoms with van der Waals surface area (Å²) in [6.45, 7) is 5.32. The number of methoxy groups -OCH3 is 1. The quantitative estimate of drug-likeness (QED) is 0.438. The second-order valence-corrected chi connectivity index (χ2v) is 3.06. The van der Waals surface area contributed by atoms with Crippen LogP contribution in [0.1, 0.15) is 20.8 Å². The van der Waals surface area contributed by atoms with Gasteiger partial charge in [-0.15, -0.1) is 0 Å². The maximum atomic E-state index is 10.8. The van der Waals surface area contributed by atoms with Crippen molar-refractivity contribution < 1.29 is 14.3 Å². The molecule has 0 fully saturated rings. The number of ether oxygens (including phenoxy) is 2. The van der Waals surface area contributed by atoms with Crippen LogP contribution in [0.2, 0.25) is 0 Å². The third kappa shape index (κ3) is 6.75. The summed E-state index contributed by atoms with van der Waals surface area (Å²) in [5.74, 6) is 0. The molecule has 0 bridgehead atoms. The Bertz CT molecular complexity index is 207. The Kier molecular flexibility index (Phi) is 3.98. The molecule has 0 saturated carbocycles.